The first kappa shape index (κ1) is 289. The Morgan fingerprint density at radius 1 is 0.500 bits per heavy atom. The van der Waals surface area contributed by atoms with Crippen molar-refractivity contribution in [1.29, 1.82) is 0 Å². The van der Waals surface area contributed by atoms with Crippen LogP contribution in [0.1, 0.15) is 0 Å². The molecule has 0 aliphatic rings. The predicted octanol–water partition coefficient (Wildman–Crippen LogP) is -1.10. The van der Waals surface area contributed by atoms with E-state index in [0.717, 1.165) is 0 Å². The maximum absolute atomic E-state index is 0. The first-order chi connectivity index (χ1) is 0. The summed E-state index contributed by atoms with van der Waals surface area (Å²) in [4.78, 5) is 0. The molecule has 0 atom stereocenters. The molecule has 0 amide bonds. The molecule has 0 aromatic rings. The normalized spacial score (nSPS) is 0. The molecule has 0 aliphatic heterocycles. The minimum atomic E-state index is 0. The zero-order chi connectivity index (χ0) is 0. The van der Waals surface area contributed by atoms with Crippen LogP contribution in [0.2, 0.25) is 0 Å². The second-order valence-corrected chi connectivity index (χ2v) is 0. The summed E-state index contributed by atoms with van der Waals surface area (Å²) in [5.74, 6) is 0. The van der Waals surface area contributed by atoms with E-state index in [9.17, 15) is 0 Å². The smallest absolute Gasteiger partial charge is 2.00 e. The van der Waals surface area contributed by atoms with Gasteiger partial charge in [0.15, 0.2) is 0 Å². The summed E-state index contributed by atoms with van der Waals surface area (Å²) >= 11 is 0. The van der Waals surface area contributed by atoms with Crippen LogP contribution in [0.5, 0.6) is 0 Å². The standard InChI is InChI=1S/Cr.Mn.6O.Sb.Ti/q+3;+2;6*-2;+3;+4. The third-order valence-electron chi connectivity index (χ3n) is 0. The van der Waals surface area contributed by atoms with Crippen LogP contribution in [-0.4, -0.2) is 24.4 Å². The van der Waals surface area contributed by atoms with Crippen molar-refractivity contribution in [3.8, 4) is 0 Å². The second kappa shape index (κ2) is 221. The summed E-state index contributed by atoms with van der Waals surface area (Å²) in [5.41, 5.74) is 0. The van der Waals surface area contributed by atoms with Gasteiger partial charge in [-0.15, -0.1) is 0 Å². The summed E-state index contributed by atoms with van der Waals surface area (Å²) in [5, 5.41) is 0. The first-order valence-corrected chi connectivity index (χ1v) is 0. The van der Waals surface area contributed by atoms with Gasteiger partial charge in [-0.2, -0.15) is 0 Å². The third kappa shape index (κ3) is 164. The summed E-state index contributed by atoms with van der Waals surface area (Å²) in [6.45, 7) is 0. The minimum Gasteiger partial charge on any atom is -2.00 e. The van der Waals surface area contributed by atoms with Gasteiger partial charge in [0.2, 0.25) is 0 Å². The molecule has 10 heteroatoms. The van der Waals surface area contributed by atoms with Crippen molar-refractivity contribution in [2.24, 2.45) is 0 Å². The largest absolute Gasteiger partial charge is 4.00 e. The molecule has 0 rings (SSSR count). The van der Waals surface area contributed by atoms with Gasteiger partial charge in [0.25, 0.3) is 0 Å². The van der Waals surface area contributed by atoms with Crippen LogP contribution < -0.4 is 0 Å². The SMILES string of the molecule is [Cr+3].[Mn+2].[O-2].[O-2].[O-2].[O-2].[O-2].[O-2].[Sb+3].[Ti+4]. The van der Waals surface area contributed by atoms with E-state index in [-0.39, 0.29) is 113 Å². The van der Waals surface area contributed by atoms with Crippen molar-refractivity contribution < 1.29 is 89.0 Å². The molecule has 0 N–H and O–H groups in total. The molecule has 0 saturated carbocycles. The van der Waals surface area contributed by atoms with Gasteiger partial charge >= 0.3 is 80.6 Å². The van der Waals surface area contributed by atoms with Crippen molar-refractivity contribution >= 4 is 24.4 Å². The fourth-order valence-corrected chi connectivity index (χ4v) is 0. The fourth-order valence-electron chi connectivity index (χ4n) is 0. The molecule has 0 unspecified atom stereocenters. The molecule has 0 aromatic carbocycles. The molecular formula is CrMnO6SbTi. The van der Waals surface area contributed by atoms with Gasteiger partial charge < -0.3 is 32.9 Å². The van der Waals surface area contributed by atoms with E-state index in [1.54, 1.807) is 0 Å². The van der Waals surface area contributed by atoms with Crippen LogP contribution in [0, 0.1) is 0 Å². The quantitative estimate of drug-likeness (QED) is 0.470. The van der Waals surface area contributed by atoms with Gasteiger partial charge in [-0.05, 0) is 0 Å². The minimum absolute atomic E-state index is 0. The van der Waals surface area contributed by atoms with Crippen molar-refractivity contribution in [2.45, 2.75) is 0 Å². The van der Waals surface area contributed by atoms with Gasteiger partial charge in [0, 0.05) is 0 Å². The molecule has 0 fully saturated rings. The van der Waals surface area contributed by atoms with E-state index >= 15 is 0 Å². The maximum Gasteiger partial charge on any atom is 4.00 e. The fraction of sp³-hybridized carbons (Fsp3) is 0. The van der Waals surface area contributed by atoms with Gasteiger partial charge in [-0.1, -0.05) is 0 Å². The topological polar surface area (TPSA) is 171 Å². The van der Waals surface area contributed by atoms with Crippen LogP contribution in [-0.2, 0) is 89.0 Å². The van der Waals surface area contributed by atoms with Crippen molar-refractivity contribution in [2.75, 3.05) is 0 Å². The van der Waals surface area contributed by atoms with E-state index in [1.165, 1.54) is 0 Å². The molecule has 58 valence electrons. The number of rotatable bonds is 0. The average molecular weight is 373 g/mol. The average Bonchev–Trinajstić information content (AvgIpc) is 0. The molecule has 0 bridgehead atoms. The molecule has 10 heavy (non-hydrogen) atoms. The Balaban J connectivity index is 0. The Kier molecular flexibility index (Phi) is 6380. The summed E-state index contributed by atoms with van der Waals surface area (Å²) in [6.07, 6.45) is 0. The van der Waals surface area contributed by atoms with Crippen LogP contribution in [0.15, 0.2) is 0 Å². The Bertz CT molecular complexity index is 17.7. The molecule has 0 spiro atoms. The molecule has 0 aliphatic carbocycles. The predicted molar refractivity (Wildman–Crippen MR) is 9.87 cm³/mol. The Morgan fingerprint density at radius 2 is 0.500 bits per heavy atom. The van der Waals surface area contributed by atoms with Gasteiger partial charge in [0.1, 0.15) is 0 Å². The van der Waals surface area contributed by atoms with Gasteiger partial charge in [-0.3, -0.25) is 0 Å². The zero-order valence-electron chi connectivity index (χ0n) is 4.18. The maximum atomic E-state index is 0. The Labute approximate surface area is 112 Å². The third-order valence-corrected chi connectivity index (χ3v) is 0. The van der Waals surface area contributed by atoms with Crippen molar-refractivity contribution in [3.05, 3.63) is 0 Å². The molecule has 0 saturated heterocycles. The van der Waals surface area contributed by atoms with Crippen molar-refractivity contribution in [3.63, 3.8) is 0 Å². The number of hydrogen-bond donors (Lipinski definition) is 0. The van der Waals surface area contributed by atoms with E-state index in [1.807, 2.05) is 0 Å². The number of hydrogen-bond acceptors (Lipinski definition) is 0. The van der Waals surface area contributed by atoms with E-state index < -0.39 is 0 Å². The summed E-state index contributed by atoms with van der Waals surface area (Å²) in [7, 11) is 0. The van der Waals surface area contributed by atoms with Crippen LogP contribution in [0.4, 0.5) is 0 Å². The molecular weight excluding hydrogens is 373 g/mol. The summed E-state index contributed by atoms with van der Waals surface area (Å²) < 4.78 is 0. The summed E-state index contributed by atoms with van der Waals surface area (Å²) in [6, 6.07) is 0. The second-order valence-electron chi connectivity index (χ2n) is 0. The molecule has 6 nitrogen and oxygen atoms in total. The monoisotopic (exact) mass is 372 g/mol. The van der Waals surface area contributed by atoms with Crippen LogP contribution in [0.3, 0.4) is 0 Å². The Morgan fingerprint density at radius 3 is 0.500 bits per heavy atom. The van der Waals surface area contributed by atoms with Crippen molar-refractivity contribution in [1.82, 2.24) is 0 Å². The van der Waals surface area contributed by atoms with Crippen LogP contribution >= 0.6 is 0 Å². The zero-order valence-corrected chi connectivity index (χ0v) is 10.8. The molecule has 0 aromatic heterocycles. The van der Waals surface area contributed by atoms with E-state index in [2.05, 4.69) is 0 Å². The van der Waals surface area contributed by atoms with E-state index in [4.69, 9.17) is 0 Å². The molecule has 4 radical (unpaired) electrons. The van der Waals surface area contributed by atoms with Gasteiger partial charge in [0.05, 0.1) is 0 Å². The van der Waals surface area contributed by atoms with E-state index in [0.29, 0.717) is 0 Å². The van der Waals surface area contributed by atoms with Gasteiger partial charge in [-0.25, -0.2) is 0 Å². The first-order valence-electron chi connectivity index (χ1n) is 0. The Hall–Kier alpha value is 2.34. The molecule has 0 heterocycles. The van der Waals surface area contributed by atoms with Crippen LogP contribution in [0.25, 0.3) is 0 Å².